The summed E-state index contributed by atoms with van der Waals surface area (Å²) in [4.78, 5) is 13.8. The molecule has 0 aliphatic carbocycles. The van der Waals surface area contributed by atoms with Gasteiger partial charge < -0.3 is 5.11 Å². The van der Waals surface area contributed by atoms with Crippen LogP contribution in [0.15, 0.2) is 11.4 Å². The molecule has 0 saturated carbocycles. The van der Waals surface area contributed by atoms with Crippen LogP contribution in [0.25, 0.3) is 0 Å². The maximum absolute atomic E-state index is 11.5. The van der Waals surface area contributed by atoms with Crippen LogP contribution in [0.3, 0.4) is 0 Å². The van der Waals surface area contributed by atoms with Gasteiger partial charge in [0.25, 0.3) is 0 Å². The molecule has 2 rings (SSSR count). The SMILES string of the molecule is Cc1ccsc1CN(CC(=O)O)C1CCS(=O)(=O)C1. The van der Waals surface area contributed by atoms with E-state index in [0.29, 0.717) is 13.0 Å². The van der Waals surface area contributed by atoms with Crippen molar-refractivity contribution in [3.8, 4) is 0 Å². The molecule has 1 fully saturated rings. The monoisotopic (exact) mass is 303 g/mol. The zero-order chi connectivity index (χ0) is 14.0. The van der Waals surface area contributed by atoms with E-state index < -0.39 is 15.8 Å². The van der Waals surface area contributed by atoms with Crippen molar-refractivity contribution in [2.75, 3.05) is 18.1 Å². The van der Waals surface area contributed by atoms with Crippen LogP contribution in [0, 0.1) is 6.92 Å². The van der Waals surface area contributed by atoms with Crippen molar-refractivity contribution in [2.24, 2.45) is 0 Å². The average Bonchev–Trinajstić information content (AvgIpc) is 2.84. The number of rotatable bonds is 5. The number of hydrogen-bond donors (Lipinski definition) is 1. The average molecular weight is 303 g/mol. The summed E-state index contributed by atoms with van der Waals surface area (Å²) in [5, 5.41) is 11.0. The number of nitrogens with zero attached hydrogens (tertiary/aromatic N) is 1. The molecule has 0 spiro atoms. The molecule has 2 heterocycles. The van der Waals surface area contributed by atoms with Gasteiger partial charge in [0.2, 0.25) is 0 Å². The number of aryl methyl sites for hydroxylation is 1. The number of aliphatic carboxylic acids is 1. The largest absolute Gasteiger partial charge is 0.480 e. The van der Waals surface area contributed by atoms with E-state index in [1.807, 2.05) is 18.4 Å². The Kier molecular flexibility index (Phi) is 4.27. The van der Waals surface area contributed by atoms with Crippen molar-refractivity contribution in [3.05, 3.63) is 21.9 Å². The molecule has 0 radical (unpaired) electrons. The fraction of sp³-hybridized carbons (Fsp3) is 0.583. The second-order valence-electron chi connectivity index (χ2n) is 4.88. The molecule has 1 aliphatic rings. The van der Waals surface area contributed by atoms with Gasteiger partial charge in [-0.1, -0.05) is 0 Å². The molecule has 5 nitrogen and oxygen atoms in total. The van der Waals surface area contributed by atoms with Gasteiger partial charge in [-0.2, -0.15) is 0 Å². The first kappa shape index (κ1) is 14.5. The Labute approximate surface area is 116 Å². The van der Waals surface area contributed by atoms with Gasteiger partial charge in [0, 0.05) is 17.5 Å². The van der Waals surface area contributed by atoms with Gasteiger partial charge >= 0.3 is 5.97 Å². The van der Waals surface area contributed by atoms with E-state index in [-0.39, 0.29) is 24.1 Å². The minimum Gasteiger partial charge on any atom is -0.480 e. The normalized spacial score (nSPS) is 21.9. The van der Waals surface area contributed by atoms with Crippen molar-refractivity contribution in [3.63, 3.8) is 0 Å². The molecule has 1 aliphatic heterocycles. The molecule has 0 amide bonds. The summed E-state index contributed by atoms with van der Waals surface area (Å²) in [5.41, 5.74) is 1.13. The first-order chi connectivity index (χ1) is 8.87. The predicted octanol–water partition coefficient (Wildman–Crippen LogP) is 1.13. The van der Waals surface area contributed by atoms with Crippen LogP contribution in [-0.2, 0) is 21.2 Å². The third kappa shape index (κ3) is 3.77. The summed E-state index contributed by atoms with van der Waals surface area (Å²) in [6.45, 7) is 2.38. The minimum atomic E-state index is -3.00. The highest BCUT2D eigenvalue weighted by Crippen LogP contribution is 2.23. The molecule has 1 aromatic heterocycles. The van der Waals surface area contributed by atoms with E-state index in [4.69, 9.17) is 5.11 Å². The lowest BCUT2D eigenvalue weighted by molar-refractivity contribution is -0.139. The van der Waals surface area contributed by atoms with Crippen LogP contribution in [0.1, 0.15) is 16.9 Å². The van der Waals surface area contributed by atoms with Gasteiger partial charge in [-0.3, -0.25) is 9.69 Å². The van der Waals surface area contributed by atoms with E-state index in [2.05, 4.69) is 0 Å². The first-order valence-corrected chi connectivity index (χ1v) is 8.77. The van der Waals surface area contributed by atoms with Crippen LogP contribution in [0.4, 0.5) is 0 Å². The van der Waals surface area contributed by atoms with Crippen molar-refractivity contribution in [2.45, 2.75) is 25.9 Å². The van der Waals surface area contributed by atoms with E-state index in [1.54, 1.807) is 16.2 Å². The third-order valence-electron chi connectivity index (χ3n) is 3.38. The van der Waals surface area contributed by atoms with Crippen LogP contribution < -0.4 is 0 Å². The van der Waals surface area contributed by atoms with E-state index in [0.717, 1.165) is 10.4 Å². The second-order valence-corrected chi connectivity index (χ2v) is 8.11. The quantitative estimate of drug-likeness (QED) is 0.882. The van der Waals surface area contributed by atoms with Crippen LogP contribution in [0.2, 0.25) is 0 Å². The fourth-order valence-corrected chi connectivity index (χ4v) is 4.99. The number of carbonyl (C=O) groups is 1. The number of carboxylic acid groups (broad SMARTS) is 1. The predicted molar refractivity (Wildman–Crippen MR) is 74.2 cm³/mol. The summed E-state index contributed by atoms with van der Waals surface area (Å²) < 4.78 is 23.1. The van der Waals surface area contributed by atoms with Crippen molar-refractivity contribution >= 4 is 27.1 Å². The maximum atomic E-state index is 11.5. The molecule has 1 saturated heterocycles. The molecule has 0 bridgehead atoms. The van der Waals surface area contributed by atoms with Gasteiger partial charge in [0.05, 0.1) is 18.1 Å². The summed E-state index contributed by atoms with van der Waals surface area (Å²) in [6.07, 6.45) is 0.528. The molecular formula is C12H17NO4S2. The smallest absolute Gasteiger partial charge is 0.317 e. The summed E-state index contributed by atoms with van der Waals surface area (Å²) in [6, 6.07) is 1.81. The van der Waals surface area contributed by atoms with Gasteiger partial charge in [-0.25, -0.2) is 8.42 Å². The number of sulfone groups is 1. The topological polar surface area (TPSA) is 74.7 Å². The van der Waals surface area contributed by atoms with Crippen LogP contribution in [0.5, 0.6) is 0 Å². The third-order valence-corrected chi connectivity index (χ3v) is 6.14. The van der Waals surface area contributed by atoms with Crippen molar-refractivity contribution in [1.29, 1.82) is 0 Å². The van der Waals surface area contributed by atoms with Gasteiger partial charge in [0.15, 0.2) is 9.84 Å². The second kappa shape index (κ2) is 5.60. The molecule has 1 aromatic rings. The Balaban J connectivity index is 2.12. The highest BCUT2D eigenvalue weighted by molar-refractivity contribution is 7.91. The van der Waals surface area contributed by atoms with Gasteiger partial charge in [-0.15, -0.1) is 11.3 Å². The van der Waals surface area contributed by atoms with Crippen molar-refractivity contribution in [1.82, 2.24) is 4.90 Å². The zero-order valence-electron chi connectivity index (χ0n) is 10.7. The Hall–Kier alpha value is -0.920. The fourth-order valence-electron chi connectivity index (χ4n) is 2.30. The van der Waals surface area contributed by atoms with Crippen LogP contribution in [-0.4, -0.2) is 48.5 Å². The number of thiophene rings is 1. The summed E-state index contributed by atoms with van der Waals surface area (Å²) in [7, 11) is -3.00. The number of hydrogen-bond acceptors (Lipinski definition) is 5. The van der Waals surface area contributed by atoms with Gasteiger partial charge in [0.1, 0.15) is 0 Å². The first-order valence-electron chi connectivity index (χ1n) is 6.06. The molecule has 1 unspecified atom stereocenters. The summed E-state index contributed by atoms with van der Waals surface area (Å²) >= 11 is 1.58. The Morgan fingerprint density at radius 3 is 2.79 bits per heavy atom. The van der Waals surface area contributed by atoms with E-state index >= 15 is 0 Å². The lowest BCUT2D eigenvalue weighted by Gasteiger charge is -2.25. The Morgan fingerprint density at radius 1 is 1.58 bits per heavy atom. The van der Waals surface area contributed by atoms with E-state index in [1.165, 1.54) is 0 Å². The molecule has 7 heteroatoms. The number of carboxylic acids is 1. The molecular weight excluding hydrogens is 286 g/mol. The molecule has 106 valence electrons. The van der Waals surface area contributed by atoms with Crippen LogP contribution >= 0.6 is 11.3 Å². The summed E-state index contributed by atoms with van der Waals surface area (Å²) in [5.74, 6) is -0.680. The lowest BCUT2D eigenvalue weighted by atomic mass is 10.2. The highest BCUT2D eigenvalue weighted by Gasteiger charge is 2.33. The standard InChI is InChI=1S/C12H17NO4S2/c1-9-2-4-18-11(9)6-13(7-12(14)15)10-3-5-19(16,17)8-10/h2,4,10H,3,5-8H2,1H3,(H,14,15). The minimum absolute atomic E-state index is 0.0741. The molecule has 1 atom stereocenters. The molecule has 19 heavy (non-hydrogen) atoms. The molecule has 0 aromatic carbocycles. The Morgan fingerprint density at radius 2 is 2.32 bits per heavy atom. The lowest BCUT2D eigenvalue weighted by Crippen LogP contribution is -2.39. The van der Waals surface area contributed by atoms with Gasteiger partial charge in [-0.05, 0) is 30.4 Å². The zero-order valence-corrected chi connectivity index (χ0v) is 12.3. The maximum Gasteiger partial charge on any atom is 0.317 e. The van der Waals surface area contributed by atoms with Crippen molar-refractivity contribution < 1.29 is 18.3 Å². The molecule has 1 N–H and O–H groups in total. The Bertz CT molecular complexity index is 564. The van der Waals surface area contributed by atoms with E-state index in [9.17, 15) is 13.2 Å². The highest BCUT2D eigenvalue weighted by atomic mass is 32.2.